The molecule has 0 aliphatic heterocycles. The molecule has 0 amide bonds. The molecule has 0 atom stereocenters. The molecule has 1 rings (SSSR count). The Morgan fingerprint density at radius 1 is 1.12 bits per heavy atom. The molecule has 2 heteroatoms. The lowest BCUT2D eigenvalue weighted by Crippen LogP contribution is -2.28. The van der Waals surface area contributed by atoms with Crippen molar-refractivity contribution in [1.82, 2.24) is 5.32 Å². The molecule has 0 bridgehead atoms. The molecule has 0 saturated carbocycles. The van der Waals surface area contributed by atoms with E-state index in [0.29, 0.717) is 12.0 Å². The average molecular weight is 234 g/mol. The lowest BCUT2D eigenvalue weighted by Gasteiger charge is -2.24. The standard InChI is InChI=1S/C15H26N2/c1-4-9-15(2,3)12-17-11-14-7-5-13(10-16)6-8-14/h5-8,17H,4,9-12,16H2,1-3H3. The van der Waals surface area contributed by atoms with Crippen molar-refractivity contribution in [2.24, 2.45) is 11.1 Å². The molecule has 1 aromatic rings. The Bertz CT molecular complexity index is 314. The molecule has 17 heavy (non-hydrogen) atoms. The molecular weight excluding hydrogens is 208 g/mol. The minimum atomic E-state index is 0.395. The van der Waals surface area contributed by atoms with Crippen LogP contribution in [0.1, 0.15) is 44.7 Å². The van der Waals surface area contributed by atoms with Crippen LogP contribution in [-0.4, -0.2) is 6.54 Å². The molecular formula is C15H26N2. The monoisotopic (exact) mass is 234 g/mol. The minimum Gasteiger partial charge on any atom is -0.326 e. The Morgan fingerprint density at radius 3 is 2.24 bits per heavy atom. The van der Waals surface area contributed by atoms with Crippen molar-refractivity contribution in [3.8, 4) is 0 Å². The third-order valence-corrected chi connectivity index (χ3v) is 3.12. The fraction of sp³-hybridized carbons (Fsp3) is 0.600. The van der Waals surface area contributed by atoms with Gasteiger partial charge >= 0.3 is 0 Å². The molecule has 3 N–H and O–H groups in total. The zero-order chi connectivity index (χ0) is 12.7. The van der Waals surface area contributed by atoms with Gasteiger partial charge in [0.1, 0.15) is 0 Å². The van der Waals surface area contributed by atoms with E-state index < -0.39 is 0 Å². The topological polar surface area (TPSA) is 38.0 Å². The van der Waals surface area contributed by atoms with Gasteiger partial charge in [-0.2, -0.15) is 0 Å². The van der Waals surface area contributed by atoms with Crippen LogP contribution in [0, 0.1) is 5.41 Å². The summed E-state index contributed by atoms with van der Waals surface area (Å²) in [6, 6.07) is 8.52. The number of rotatable bonds is 7. The number of hydrogen-bond donors (Lipinski definition) is 2. The molecule has 0 aliphatic rings. The van der Waals surface area contributed by atoms with E-state index in [-0.39, 0.29) is 0 Å². The molecule has 0 radical (unpaired) electrons. The second kappa shape index (κ2) is 6.77. The van der Waals surface area contributed by atoms with E-state index in [1.165, 1.54) is 24.0 Å². The van der Waals surface area contributed by atoms with Crippen LogP contribution < -0.4 is 11.1 Å². The Morgan fingerprint density at radius 2 is 1.71 bits per heavy atom. The van der Waals surface area contributed by atoms with Crippen LogP contribution in [-0.2, 0) is 13.1 Å². The third-order valence-electron chi connectivity index (χ3n) is 3.12. The Kier molecular flexibility index (Phi) is 5.66. The van der Waals surface area contributed by atoms with Crippen LogP contribution in [0.5, 0.6) is 0 Å². The van der Waals surface area contributed by atoms with Gasteiger partial charge in [0.25, 0.3) is 0 Å². The first kappa shape index (κ1) is 14.2. The molecule has 96 valence electrons. The van der Waals surface area contributed by atoms with Crippen LogP contribution in [0.25, 0.3) is 0 Å². The summed E-state index contributed by atoms with van der Waals surface area (Å²) < 4.78 is 0. The van der Waals surface area contributed by atoms with Crippen molar-refractivity contribution < 1.29 is 0 Å². The van der Waals surface area contributed by atoms with E-state index in [1.54, 1.807) is 0 Å². The van der Waals surface area contributed by atoms with Crippen LogP contribution >= 0.6 is 0 Å². The summed E-state index contributed by atoms with van der Waals surface area (Å²) in [7, 11) is 0. The molecule has 0 heterocycles. The van der Waals surface area contributed by atoms with Crippen molar-refractivity contribution in [3.63, 3.8) is 0 Å². The Labute approximate surface area is 106 Å². The molecule has 2 nitrogen and oxygen atoms in total. The summed E-state index contributed by atoms with van der Waals surface area (Å²) in [6.45, 7) is 9.52. The predicted octanol–water partition coefficient (Wildman–Crippen LogP) is 3.06. The van der Waals surface area contributed by atoms with E-state index in [0.717, 1.165) is 13.1 Å². The molecule has 0 unspecified atom stereocenters. The van der Waals surface area contributed by atoms with Crippen LogP contribution in [0.3, 0.4) is 0 Å². The van der Waals surface area contributed by atoms with Crippen LogP contribution in [0.15, 0.2) is 24.3 Å². The molecule has 0 aromatic heterocycles. The van der Waals surface area contributed by atoms with Crippen molar-refractivity contribution in [1.29, 1.82) is 0 Å². The van der Waals surface area contributed by atoms with Crippen molar-refractivity contribution >= 4 is 0 Å². The van der Waals surface area contributed by atoms with Gasteiger partial charge < -0.3 is 11.1 Å². The quantitative estimate of drug-likeness (QED) is 0.761. The summed E-state index contributed by atoms with van der Waals surface area (Å²) in [4.78, 5) is 0. The van der Waals surface area contributed by atoms with E-state index in [9.17, 15) is 0 Å². The zero-order valence-electron chi connectivity index (χ0n) is 11.4. The molecule has 0 spiro atoms. The highest BCUT2D eigenvalue weighted by molar-refractivity contribution is 5.22. The highest BCUT2D eigenvalue weighted by atomic mass is 14.9. The number of benzene rings is 1. The lowest BCUT2D eigenvalue weighted by molar-refractivity contribution is 0.310. The van der Waals surface area contributed by atoms with Crippen LogP contribution in [0.4, 0.5) is 0 Å². The smallest absolute Gasteiger partial charge is 0.0205 e. The SMILES string of the molecule is CCCC(C)(C)CNCc1ccc(CN)cc1. The van der Waals surface area contributed by atoms with E-state index in [4.69, 9.17) is 5.73 Å². The van der Waals surface area contributed by atoms with E-state index in [1.807, 2.05) is 0 Å². The first-order chi connectivity index (χ1) is 8.07. The maximum absolute atomic E-state index is 5.57. The number of nitrogens with two attached hydrogens (primary N) is 1. The number of nitrogens with one attached hydrogen (secondary N) is 1. The largest absolute Gasteiger partial charge is 0.326 e. The van der Waals surface area contributed by atoms with Crippen LogP contribution in [0.2, 0.25) is 0 Å². The van der Waals surface area contributed by atoms with E-state index in [2.05, 4.69) is 50.4 Å². The molecule has 1 aromatic carbocycles. The molecule has 0 fully saturated rings. The number of hydrogen-bond acceptors (Lipinski definition) is 2. The van der Waals surface area contributed by atoms with Gasteiger partial charge in [0.15, 0.2) is 0 Å². The third kappa shape index (κ3) is 5.33. The maximum Gasteiger partial charge on any atom is 0.0205 e. The normalized spacial score (nSPS) is 11.8. The first-order valence-electron chi connectivity index (χ1n) is 6.56. The zero-order valence-corrected chi connectivity index (χ0v) is 11.4. The average Bonchev–Trinajstić information content (AvgIpc) is 2.29. The second-order valence-corrected chi connectivity index (χ2v) is 5.54. The van der Waals surface area contributed by atoms with Crippen molar-refractivity contribution in [2.75, 3.05) is 6.54 Å². The van der Waals surface area contributed by atoms with E-state index >= 15 is 0 Å². The molecule has 0 saturated heterocycles. The van der Waals surface area contributed by atoms with Gasteiger partial charge in [-0.3, -0.25) is 0 Å². The minimum absolute atomic E-state index is 0.395. The second-order valence-electron chi connectivity index (χ2n) is 5.54. The van der Waals surface area contributed by atoms with Crippen molar-refractivity contribution in [2.45, 2.75) is 46.7 Å². The van der Waals surface area contributed by atoms with Gasteiger partial charge in [0, 0.05) is 19.6 Å². The summed E-state index contributed by atoms with van der Waals surface area (Å²) in [6.07, 6.45) is 2.52. The van der Waals surface area contributed by atoms with Gasteiger partial charge in [0.05, 0.1) is 0 Å². The van der Waals surface area contributed by atoms with Gasteiger partial charge in [-0.25, -0.2) is 0 Å². The lowest BCUT2D eigenvalue weighted by atomic mass is 9.88. The van der Waals surface area contributed by atoms with Gasteiger partial charge in [-0.1, -0.05) is 51.5 Å². The highest BCUT2D eigenvalue weighted by Gasteiger charge is 2.15. The van der Waals surface area contributed by atoms with Crippen molar-refractivity contribution in [3.05, 3.63) is 35.4 Å². The Hall–Kier alpha value is -0.860. The van der Waals surface area contributed by atoms with Gasteiger partial charge in [0.2, 0.25) is 0 Å². The van der Waals surface area contributed by atoms with Gasteiger partial charge in [-0.05, 0) is 23.0 Å². The first-order valence-corrected chi connectivity index (χ1v) is 6.56. The molecule has 0 aliphatic carbocycles. The maximum atomic E-state index is 5.57. The summed E-state index contributed by atoms with van der Waals surface area (Å²) in [5.74, 6) is 0. The highest BCUT2D eigenvalue weighted by Crippen LogP contribution is 2.20. The summed E-state index contributed by atoms with van der Waals surface area (Å²) in [5.41, 5.74) is 8.49. The fourth-order valence-corrected chi connectivity index (χ4v) is 2.10. The Balaban J connectivity index is 2.35. The predicted molar refractivity (Wildman–Crippen MR) is 74.7 cm³/mol. The van der Waals surface area contributed by atoms with Gasteiger partial charge in [-0.15, -0.1) is 0 Å². The fourth-order valence-electron chi connectivity index (χ4n) is 2.10. The summed E-state index contributed by atoms with van der Waals surface area (Å²) >= 11 is 0. The summed E-state index contributed by atoms with van der Waals surface area (Å²) in [5, 5.41) is 3.53.